The predicted molar refractivity (Wildman–Crippen MR) is 64.1 cm³/mol. The number of hydroxylamine groups is 1. The fraction of sp³-hybridized carbons (Fsp3) is 0.308. The van der Waals surface area contributed by atoms with E-state index in [2.05, 4.69) is 20.8 Å². The second-order valence-corrected chi connectivity index (χ2v) is 4.65. The van der Waals surface area contributed by atoms with Gasteiger partial charge in [-0.1, -0.05) is 45.0 Å². The Morgan fingerprint density at radius 2 is 1.94 bits per heavy atom. The van der Waals surface area contributed by atoms with E-state index in [1.165, 1.54) is 6.08 Å². The number of carbonyl (C=O) groups is 1. The summed E-state index contributed by atoms with van der Waals surface area (Å²) in [6.07, 6.45) is 3.01. The molecule has 0 atom stereocenters. The third-order valence-corrected chi connectivity index (χ3v) is 2.29. The van der Waals surface area contributed by atoms with E-state index in [1.54, 1.807) is 11.6 Å². The Bertz CT molecular complexity index is 403. The molecule has 0 saturated carbocycles. The lowest BCUT2D eigenvalue weighted by atomic mass is 9.84. The molecule has 1 rings (SSSR count). The normalized spacial score (nSPS) is 11.8. The van der Waals surface area contributed by atoms with Crippen LogP contribution in [0.5, 0.6) is 0 Å². The van der Waals surface area contributed by atoms with Gasteiger partial charge in [-0.2, -0.15) is 0 Å². The van der Waals surface area contributed by atoms with E-state index < -0.39 is 5.91 Å². The number of carbonyl (C=O) groups excluding carboxylic acids is 1. The van der Waals surface area contributed by atoms with E-state index in [0.717, 1.165) is 11.1 Å². The van der Waals surface area contributed by atoms with Crippen LogP contribution in [-0.4, -0.2) is 11.1 Å². The van der Waals surface area contributed by atoms with Gasteiger partial charge in [0, 0.05) is 6.08 Å². The summed E-state index contributed by atoms with van der Waals surface area (Å²) < 4.78 is 0. The van der Waals surface area contributed by atoms with Gasteiger partial charge in [0.1, 0.15) is 0 Å². The molecule has 0 spiro atoms. The molecule has 3 heteroatoms. The van der Waals surface area contributed by atoms with Crippen molar-refractivity contribution in [3.05, 3.63) is 41.5 Å². The quantitative estimate of drug-likeness (QED) is 0.456. The molecule has 0 bridgehead atoms. The molecule has 0 saturated heterocycles. The predicted octanol–water partition coefficient (Wildman–Crippen LogP) is 2.50. The molecule has 0 aromatic heterocycles. The van der Waals surface area contributed by atoms with Gasteiger partial charge in [-0.3, -0.25) is 10.0 Å². The van der Waals surface area contributed by atoms with Crippen molar-refractivity contribution in [3.8, 4) is 0 Å². The summed E-state index contributed by atoms with van der Waals surface area (Å²) in [7, 11) is 0. The Morgan fingerprint density at radius 1 is 1.31 bits per heavy atom. The average molecular weight is 219 g/mol. The van der Waals surface area contributed by atoms with E-state index in [4.69, 9.17) is 5.21 Å². The molecular formula is C13H17NO2. The number of amides is 1. The van der Waals surface area contributed by atoms with Gasteiger partial charge in [-0.15, -0.1) is 0 Å². The fourth-order valence-electron chi connectivity index (χ4n) is 1.53. The van der Waals surface area contributed by atoms with Crippen molar-refractivity contribution in [2.75, 3.05) is 0 Å². The first-order chi connectivity index (χ1) is 7.45. The van der Waals surface area contributed by atoms with Gasteiger partial charge in [0.25, 0.3) is 5.91 Å². The molecule has 0 heterocycles. The molecule has 0 unspecified atom stereocenters. The largest absolute Gasteiger partial charge is 0.288 e. The first kappa shape index (κ1) is 12.5. The maximum absolute atomic E-state index is 10.9. The van der Waals surface area contributed by atoms with E-state index >= 15 is 0 Å². The van der Waals surface area contributed by atoms with Gasteiger partial charge in [-0.05, 0) is 22.6 Å². The van der Waals surface area contributed by atoms with Crippen molar-refractivity contribution in [1.29, 1.82) is 0 Å². The zero-order valence-corrected chi connectivity index (χ0v) is 9.82. The van der Waals surface area contributed by atoms with E-state index in [1.807, 2.05) is 24.3 Å². The molecule has 0 aliphatic heterocycles. The van der Waals surface area contributed by atoms with Crippen LogP contribution in [0.4, 0.5) is 0 Å². The minimum atomic E-state index is -0.524. The third kappa shape index (κ3) is 3.21. The van der Waals surface area contributed by atoms with Gasteiger partial charge in [0.2, 0.25) is 0 Å². The molecule has 1 amide bonds. The number of hydrogen-bond donors (Lipinski definition) is 2. The number of nitrogens with one attached hydrogen (secondary N) is 1. The smallest absolute Gasteiger partial charge is 0.267 e. The molecule has 1 aromatic rings. The Balaban J connectivity index is 3.05. The van der Waals surface area contributed by atoms with Crippen molar-refractivity contribution in [1.82, 2.24) is 5.48 Å². The van der Waals surface area contributed by atoms with Crippen LogP contribution in [-0.2, 0) is 10.2 Å². The van der Waals surface area contributed by atoms with Crippen molar-refractivity contribution < 1.29 is 10.0 Å². The summed E-state index contributed by atoms with van der Waals surface area (Å²) in [5, 5.41) is 8.39. The highest BCUT2D eigenvalue weighted by atomic mass is 16.5. The minimum Gasteiger partial charge on any atom is -0.288 e. The van der Waals surface area contributed by atoms with Crippen molar-refractivity contribution in [3.63, 3.8) is 0 Å². The lowest BCUT2D eigenvalue weighted by molar-refractivity contribution is -0.124. The van der Waals surface area contributed by atoms with Crippen molar-refractivity contribution in [2.24, 2.45) is 0 Å². The number of rotatable bonds is 2. The van der Waals surface area contributed by atoms with Crippen LogP contribution in [0, 0.1) is 0 Å². The Hall–Kier alpha value is -1.61. The summed E-state index contributed by atoms with van der Waals surface area (Å²) in [6.45, 7) is 6.35. The van der Waals surface area contributed by atoms with Crippen LogP contribution in [0.25, 0.3) is 6.08 Å². The standard InChI is InChI=1S/C13H17NO2/c1-13(2,3)11-7-5-4-6-10(11)8-9-12(15)14-16/h4-9,16H,1-3H3,(H,14,15)/b9-8+. The Labute approximate surface area is 95.8 Å². The lowest BCUT2D eigenvalue weighted by Crippen LogP contribution is -2.15. The highest BCUT2D eigenvalue weighted by Crippen LogP contribution is 2.26. The van der Waals surface area contributed by atoms with Crippen LogP contribution in [0.15, 0.2) is 30.3 Å². The van der Waals surface area contributed by atoms with Crippen LogP contribution >= 0.6 is 0 Å². The van der Waals surface area contributed by atoms with Gasteiger partial charge in [0.15, 0.2) is 0 Å². The molecular weight excluding hydrogens is 202 g/mol. The molecule has 2 N–H and O–H groups in total. The fourth-order valence-corrected chi connectivity index (χ4v) is 1.53. The van der Waals surface area contributed by atoms with Gasteiger partial charge in [0.05, 0.1) is 0 Å². The maximum Gasteiger partial charge on any atom is 0.267 e. The topological polar surface area (TPSA) is 49.3 Å². The zero-order valence-electron chi connectivity index (χ0n) is 9.82. The van der Waals surface area contributed by atoms with Gasteiger partial charge < -0.3 is 0 Å². The van der Waals surface area contributed by atoms with E-state index in [9.17, 15) is 4.79 Å². The summed E-state index contributed by atoms with van der Waals surface area (Å²) in [6, 6.07) is 7.88. The van der Waals surface area contributed by atoms with Crippen LogP contribution in [0.2, 0.25) is 0 Å². The first-order valence-corrected chi connectivity index (χ1v) is 5.17. The SMILES string of the molecule is CC(C)(C)c1ccccc1/C=C/C(=O)NO. The first-order valence-electron chi connectivity index (χ1n) is 5.17. The molecule has 0 aliphatic rings. The van der Waals surface area contributed by atoms with Crippen molar-refractivity contribution >= 4 is 12.0 Å². The molecule has 16 heavy (non-hydrogen) atoms. The number of hydrogen-bond acceptors (Lipinski definition) is 2. The molecule has 3 nitrogen and oxygen atoms in total. The molecule has 0 aliphatic carbocycles. The Morgan fingerprint density at radius 3 is 2.50 bits per heavy atom. The second kappa shape index (κ2) is 4.94. The average Bonchev–Trinajstić information content (AvgIpc) is 2.25. The third-order valence-electron chi connectivity index (χ3n) is 2.29. The number of benzene rings is 1. The second-order valence-electron chi connectivity index (χ2n) is 4.65. The monoisotopic (exact) mass is 219 g/mol. The Kier molecular flexibility index (Phi) is 3.85. The summed E-state index contributed by atoms with van der Waals surface area (Å²) in [5.74, 6) is -0.524. The lowest BCUT2D eigenvalue weighted by Gasteiger charge is -2.21. The van der Waals surface area contributed by atoms with E-state index in [0.29, 0.717) is 0 Å². The molecule has 86 valence electrons. The molecule has 0 radical (unpaired) electrons. The van der Waals surface area contributed by atoms with Crippen LogP contribution in [0.3, 0.4) is 0 Å². The summed E-state index contributed by atoms with van der Waals surface area (Å²) in [4.78, 5) is 10.9. The molecule has 1 aromatic carbocycles. The van der Waals surface area contributed by atoms with Gasteiger partial charge in [-0.25, -0.2) is 5.48 Å². The summed E-state index contributed by atoms with van der Waals surface area (Å²) in [5.41, 5.74) is 3.74. The summed E-state index contributed by atoms with van der Waals surface area (Å²) >= 11 is 0. The molecule has 0 fully saturated rings. The minimum absolute atomic E-state index is 0.0244. The van der Waals surface area contributed by atoms with Gasteiger partial charge >= 0.3 is 0 Å². The highest BCUT2D eigenvalue weighted by molar-refractivity contribution is 5.91. The van der Waals surface area contributed by atoms with E-state index in [-0.39, 0.29) is 5.41 Å². The highest BCUT2D eigenvalue weighted by Gasteiger charge is 2.15. The van der Waals surface area contributed by atoms with Crippen LogP contribution < -0.4 is 5.48 Å². The maximum atomic E-state index is 10.9. The zero-order chi connectivity index (χ0) is 12.2. The van der Waals surface area contributed by atoms with Crippen LogP contribution in [0.1, 0.15) is 31.9 Å². The van der Waals surface area contributed by atoms with Crippen molar-refractivity contribution in [2.45, 2.75) is 26.2 Å².